The third-order valence-electron chi connectivity index (χ3n) is 8.01. The maximum atomic E-state index is 13.7. The van der Waals surface area contributed by atoms with Crippen molar-refractivity contribution in [2.45, 2.75) is 39.1 Å². The highest BCUT2D eigenvalue weighted by Gasteiger charge is 2.33. The van der Waals surface area contributed by atoms with Gasteiger partial charge in [-0.25, -0.2) is 4.68 Å². The molecular weight excluding hydrogens is 602 g/mol. The number of nitrogens with zero attached hydrogens (tertiary/aromatic N) is 6. The van der Waals surface area contributed by atoms with Crippen LogP contribution in [0.15, 0.2) is 73.1 Å². The molecule has 0 unspecified atom stereocenters. The molecule has 14 heteroatoms. The number of benzene rings is 3. The first-order valence-corrected chi connectivity index (χ1v) is 15.3. The van der Waals surface area contributed by atoms with E-state index in [4.69, 9.17) is 10.5 Å². The molecule has 5 N–H and O–H groups in total. The molecular formula is C33H39N9O5. The average Bonchev–Trinajstić information content (AvgIpc) is 3.57. The lowest BCUT2D eigenvalue weighted by atomic mass is 9.99. The van der Waals surface area contributed by atoms with E-state index in [1.807, 2.05) is 38.2 Å². The number of aliphatic hydroxyl groups excluding tert-OH is 1. The third-order valence-corrected chi connectivity index (χ3v) is 8.01. The zero-order valence-electron chi connectivity index (χ0n) is 26.5. The molecule has 0 saturated heterocycles. The van der Waals surface area contributed by atoms with E-state index in [1.54, 1.807) is 54.3 Å². The lowest BCUT2D eigenvalue weighted by molar-refractivity contribution is -0.116. The predicted molar refractivity (Wildman–Crippen MR) is 176 cm³/mol. The summed E-state index contributed by atoms with van der Waals surface area (Å²) in [6.45, 7) is 5.02. The number of aromatic nitrogens is 4. The van der Waals surface area contributed by atoms with E-state index in [9.17, 15) is 19.5 Å². The number of anilines is 3. The number of para-hydroxylation sites is 2. The molecule has 1 aliphatic rings. The van der Waals surface area contributed by atoms with E-state index in [0.29, 0.717) is 48.0 Å². The second-order valence-electron chi connectivity index (χ2n) is 11.8. The van der Waals surface area contributed by atoms with Crippen molar-refractivity contribution in [3.63, 3.8) is 0 Å². The van der Waals surface area contributed by atoms with Crippen LogP contribution >= 0.6 is 0 Å². The van der Waals surface area contributed by atoms with Crippen molar-refractivity contribution in [3.05, 3.63) is 89.7 Å². The molecule has 0 fully saturated rings. The largest absolute Gasteiger partial charge is 0.488 e. The van der Waals surface area contributed by atoms with Crippen LogP contribution in [0.2, 0.25) is 0 Å². The SMILES string of the molecule is C[C@H]1CN([C@@H](C)CO)C(=O)c2cc(NC(=O)Cn3cnnn3)ccc2O[C@H]1CN(C)Cc1ccc(C(=O)Nc2ccccc2N)cc1. The van der Waals surface area contributed by atoms with Gasteiger partial charge < -0.3 is 31.1 Å². The quantitative estimate of drug-likeness (QED) is 0.178. The highest BCUT2D eigenvalue weighted by Crippen LogP contribution is 2.31. The summed E-state index contributed by atoms with van der Waals surface area (Å²) >= 11 is 0. The summed E-state index contributed by atoms with van der Waals surface area (Å²) in [6, 6.07) is 19.0. The predicted octanol–water partition coefficient (Wildman–Crippen LogP) is 2.50. The molecule has 0 bridgehead atoms. The number of rotatable bonds is 11. The summed E-state index contributed by atoms with van der Waals surface area (Å²) in [4.78, 5) is 42.8. The average molecular weight is 642 g/mol. The summed E-state index contributed by atoms with van der Waals surface area (Å²) in [6.07, 6.45) is 1.03. The zero-order chi connectivity index (χ0) is 33.5. The van der Waals surface area contributed by atoms with Gasteiger partial charge >= 0.3 is 0 Å². The maximum absolute atomic E-state index is 13.7. The van der Waals surface area contributed by atoms with Crippen LogP contribution in [0.3, 0.4) is 0 Å². The Morgan fingerprint density at radius 1 is 1.13 bits per heavy atom. The number of amides is 3. The van der Waals surface area contributed by atoms with Gasteiger partial charge in [-0.3, -0.25) is 19.3 Å². The van der Waals surface area contributed by atoms with Gasteiger partial charge in [-0.05, 0) is 72.4 Å². The Bertz CT molecular complexity index is 1700. The maximum Gasteiger partial charge on any atom is 0.258 e. The molecule has 0 saturated carbocycles. The second-order valence-corrected chi connectivity index (χ2v) is 11.8. The summed E-state index contributed by atoms with van der Waals surface area (Å²) in [5.41, 5.74) is 9.24. The van der Waals surface area contributed by atoms with Crippen molar-refractivity contribution >= 4 is 34.8 Å². The van der Waals surface area contributed by atoms with Gasteiger partial charge in [0.2, 0.25) is 5.91 Å². The molecule has 14 nitrogen and oxygen atoms in total. The van der Waals surface area contributed by atoms with Crippen molar-refractivity contribution in [3.8, 4) is 5.75 Å². The van der Waals surface area contributed by atoms with E-state index in [0.717, 1.165) is 5.56 Å². The van der Waals surface area contributed by atoms with Gasteiger partial charge in [0.25, 0.3) is 11.8 Å². The third kappa shape index (κ3) is 8.28. The number of aliphatic hydroxyl groups is 1. The molecule has 0 radical (unpaired) electrons. The number of fused-ring (bicyclic) bond motifs is 1. The molecule has 1 aliphatic heterocycles. The van der Waals surface area contributed by atoms with Crippen molar-refractivity contribution < 1.29 is 24.2 Å². The summed E-state index contributed by atoms with van der Waals surface area (Å²) in [5, 5.41) is 26.4. The Kier molecular flexibility index (Phi) is 10.4. The Morgan fingerprint density at radius 2 is 1.89 bits per heavy atom. The van der Waals surface area contributed by atoms with Crippen LogP contribution in [0, 0.1) is 5.92 Å². The second kappa shape index (κ2) is 14.8. The Morgan fingerprint density at radius 3 is 2.60 bits per heavy atom. The standard InChI is InChI=1S/C33H39N9O5/c1-21-15-42(22(2)19-43)33(46)26-14-25(36-31(44)18-41-20-35-38-39-41)12-13-29(26)47-30(21)17-40(3)16-23-8-10-24(11-9-23)32(45)37-28-7-5-4-6-27(28)34/h4-14,20-22,30,43H,15-19,34H2,1-3H3,(H,36,44)(H,37,45)/t21-,22-,30-/m0/s1. The Labute approximate surface area is 272 Å². The van der Waals surface area contributed by atoms with E-state index in [-0.39, 0.29) is 48.5 Å². The normalized spacial score (nSPS) is 16.9. The van der Waals surface area contributed by atoms with Crippen molar-refractivity contribution in [1.29, 1.82) is 0 Å². The topological polar surface area (TPSA) is 181 Å². The Balaban J connectivity index is 1.28. The molecule has 0 aliphatic carbocycles. The van der Waals surface area contributed by atoms with Gasteiger partial charge in [-0.15, -0.1) is 5.10 Å². The molecule has 1 aromatic heterocycles. The molecule has 3 atom stereocenters. The van der Waals surface area contributed by atoms with Gasteiger partial charge in [0.1, 0.15) is 24.7 Å². The first-order chi connectivity index (χ1) is 22.6. The van der Waals surface area contributed by atoms with Gasteiger partial charge in [-0.1, -0.05) is 31.2 Å². The number of nitrogens with one attached hydrogen (secondary N) is 2. The van der Waals surface area contributed by atoms with Crippen molar-refractivity contribution in [1.82, 2.24) is 30.0 Å². The van der Waals surface area contributed by atoms with Crippen LogP contribution in [0.25, 0.3) is 0 Å². The number of nitrogen functional groups attached to an aromatic ring is 1. The van der Waals surface area contributed by atoms with Crippen molar-refractivity contribution in [2.75, 3.05) is 43.1 Å². The van der Waals surface area contributed by atoms with Crippen LogP contribution in [-0.2, 0) is 17.9 Å². The fourth-order valence-electron chi connectivity index (χ4n) is 5.37. The van der Waals surface area contributed by atoms with Gasteiger partial charge in [0, 0.05) is 36.8 Å². The number of likely N-dealkylation sites (N-methyl/N-ethyl adjacent to an activating group) is 1. The molecule has 47 heavy (non-hydrogen) atoms. The highest BCUT2D eigenvalue weighted by atomic mass is 16.5. The fourth-order valence-corrected chi connectivity index (χ4v) is 5.37. The number of tetrazole rings is 1. The van der Waals surface area contributed by atoms with Crippen LogP contribution in [0.4, 0.5) is 17.1 Å². The summed E-state index contributed by atoms with van der Waals surface area (Å²) in [7, 11) is 1.98. The lowest BCUT2D eigenvalue weighted by Crippen LogP contribution is -2.49. The van der Waals surface area contributed by atoms with E-state index in [1.165, 1.54) is 11.0 Å². The molecule has 5 rings (SSSR count). The molecule has 3 amide bonds. The van der Waals surface area contributed by atoms with E-state index >= 15 is 0 Å². The first-order valence-electron chi connectivity index (χ1n) is 15.3. The van der Waals surface area contributed by atoms with Crippen molar-refractivity contribution in [2.24, 2.45) is 5.92 Å². The fraction of sp³-hybridized carbons (Fsp3) is 0.333. The Hall–Kier alpha value is -5.34. The molecule has 2 heterocycles. The first kappa shape index (κ1) is 33.0. The number of carbonyl (C=O) groups excluding carboxylic acids is 3. The smallest absolute Gasteiger partial charge is 0.258 e. The minimum Gasteiger partial charge on any atom is -0.488 e. The molecule has 3 aromatic carbocycles. The van der Waals surface area contributed by atoms with E-state index in [2.05, 4.69) is 31.1 Å². The minimum atomic E-state index is -0.429. The molecule has 246 valence electrons. The van der Waals surface area contributed by atoms with Crippen LogP contribution in [0.5, 0.6) is 5.75 Å². The molecule has 0 spiro atoms. The summed E-state index contributed by atoms with van der Waals surface area (Å²) < 4.78 is 7.78. The minimum absolute atomic E-state index is 0.0734. The lowest BCUT2D eigenvalue weighted by Gasteiger charge is -2.38. The monoisotopic (exact) mass is 641 g/mol. The molecule has 4 aromatic rings. The van der Waals surface area contributed by atoms with Crippen LogP contribution in [-0.4, -0.2) is 91.7 Å². The van der Waals surface area contributed by atoms with Crippen LogP contribution in [0.1, 0.15) is 40.1 Å². The number of carbonyl (C=O) groups is 3. The summed E-state index contributed by atoms with van der Waals surface area (Å²) in [5.74, 6) is -0.584. The number of ether oxygens (including phenoxy) is 1. The highest BCUT2D eigenvalue weighted by molar-refractivity contribution is 6.05. The number of nitrogens with two attached hydrogens (primary N) is 1. The van der Waals surface area contributed by atoms with Gasteiger partial charge in [0.05, 0.1) is 29.6 Å². The number of hydrogen-bond acceptors (Lipinski definition) is 10. The zero-order valence-corrected chi connectivity index (χ0v) is 26.5. The van der Waals surface area contributed by atoms with Gasteiger partial charge in [-0.2, -0.15) is 0 Å². The number of hydrogen-bond donors (Lipinski definition) is 4. The van der Waals surface area contributed by atoms with E-state index < -0.39 is 6.04 Å². The van der Waals surface area contributed by atoms with Crippen LogP contribution < -0.4 is 21.1 Å². The van der Waals surface area contributed by atoms with Gasteiger partial charge in [0.15, 0.2) is 0 Å².